The summed E-state index contributed by atoms with van der Waals surface area (Å²) < 4.78 is 5.65. The lowest BCUT2D eigenvalue weighted by Crippen LogP contribution is -2.30. The van der Waals surface area contributed by atoms with Gasteiger partial charge in [0.2, 0.25) is 0 Å². The zero-order valence-corrected chi connectivity index (χ0v) is 14.9. The molecule has 2 amide bonds. The average molecular weight is 363 g/mol. The quantitative estimate of drug-likeness (QED) is 0.858. The highest BCUT2D eigenvalue weighted by Crippen LogP contribution is 2.23. The number of carbonyl (C=O) groups excluding carboxylic acids is 2. The van der Waals surface area contributed by atoms with Crippen molar-refractivity contribution in [2.45, 2.75) is 25.3 Å². The third-order valence-electron chi connectivity index (χ3n) is 4.59. The Labute approximate surface area is 157 Å². The van der Waals surface area contributed by atoms with E-state index in [0.29, 0.717) is 17.9 Å². The highest BCUT2D eigenvalue weighted by atomic mass is 16.5. The first-order chi connectivity index (χ1) is 13.2. The summed E-state index contributed by atoms with van der Waals surface area (Å²) in [5, 5.41) is 8.80. The van der Waals surface area contributed by atoms with E-state index in [9.17, 15) is 9.59 Å². The number of hydrogen-bond donors (Lipinski definition) is 1. The van der Waals surface area contributed by atoms with Crippen molar-refractivity contribution in [3.05, 3.63) is 65.7 Å². The van der Waals surface area contributed by atoms with Gasteiger partial charge < -0.3 is 10.1 Å². The van der Waals surface area contributed by atoms with Crippen molar-refractivity contribution >= 4 is 17.5 Å². The largest absolute Gasteiger partial charge is 0.483 e. The van der Waals surface area contributed by atoms with Crippen LogP contribution in [-0.2, 0) is 4.79 Å². The van der Waals surface area contributed by atoms with Gasteiger partial charge in [0.05, 0.1) is 17.8 Å². The van der Waals surface area contributed by atoms with Crippen LogP contribution in [-0.4, -0.2) is 41.7 Å². The molecule has 2 aromatic carbocycles. The SMILES string of the molecule is O=C(NC1CC1)c1ccccc1OCC(=O)N1CCC(c2ccccc2)=N1. The van der Waals surface area contributed by atoms with Crippen molar-refractivity contribution < 1.29 is 14.3 Å². The third kappa shape index (κ3) is 4.16. The fourth-order valence-corrected chi connectivity index (χ4v) is 2.96. The van der Waals surface area contributed by atoms with Gasteiger partial charge in [-0.15, -0.1) is 0 Å². The summed E-state index contributed by atoms with van der Waals surface area (Å²) in [6.45, 7) is 0.384. The maximum atomic E-state index is 12.5. The molecule has 0 unspecified atom stereocenters. The average Bonchev–Trinajstić information content (AvgIpc) is 3.38. The monoisotopic (exact) mass is 363 g/mol. The number of benzene rings is 2. The minimum atomic E-state index is -0.224. The summed E-state index contributed by atoms with van der Waals surface area (Å²) in [5.41, 5.74) is 2.37. The molecule has 0 radical (unpaired) electrons. The zero-order chi connectivity index (χ0) is 18.6. The lowest BCUT2D eigenvalue weighted by molar-refractivity contribution is -0.132. The molecule has 0 bridgehead atoms. The van der Waals surface area contributed by atoms with Crippen LogP contribution in [0.3, 0.4) is 0 Å². The molecule has 6 nitrogen and oxygen atoms in total. The molecule has 0 atom stereocenters. The third-order valence-corrected chi connectivity index (χ3v) is 4.59. The lowest BCUT2D eigenvalue weighted by Gasteiger charge is -2.14. The Morgan fingerprint density at radius 3 is 2.59 bits per heavy atom. The van der Waals surface area contributed by atoms with Crippen LogP contribution < -0.4 is 10.1 Å². The molecule has 0 spiro atoms. The maximum absolute atomic E-state index is 12.5. The normalized spacial score (nSPS) is 16.0. The van der Waals surface area contributed by atoms with Crippen LogP contribution in [0.2, 0.25) is 0 Å². The second-order valence-corrected chi connectivity index (χ2v) is 6.71. The first-order valence-corrected chi connectivity index (χ1v) is 9.16. The number of hydrogen-bond acceptors (Lipinski definition) is 4. The molecule has 1 aliphatic heterocycles. The molecule has 1 saturated carbocycles. The standard InChI is InChI=1S/C21H21N3O3/c25-20(24-13-12-18(23-24)15-6-2-1-3-7-15)14-27-19-9-5-4-8-17(19)21(26)22-16-10-11-16/h1-9,16H,10-14H2,(H,22,26). The van der Waals surface area contributed by atoms with Gasteiger partial charge in [-0.1, -0.05) is 42.5 Å². The van der Waals surface area contributed by atoms with E-state index in [1.165, 1.54) is 5.01 Å². The Kier molecular flexibility index (Phi) is 4.87. The Balaban J connectivity index is 1.38. The number of nitrogens with one attached hydrogen (secondary N) is 1. The van der Waals surface area contributed by atoms with E-state index < -0.39 is 0 Å². The van der Waals surface area contributed by atoms with E-state index in [1.807, 2.05) is 30.3 Å². The molecule has 1 fully saturated rings. The number of ether oxygens (including phenoxy) is 1. The fraction of sp³-hybridized carbons (Fsp3) is 0.286. The Morgan fingerprint density at radius 2 is 1.81 bits per heavy atom. The van der Waals surface area contributed by atoms with Gasteiger partial charge in [-0.2, -0.15) is 5.10 Å². The molecule has 0 aromatic heterocycles. The van der Waals surface area contributed by atoms with E-state index in [4.69, 9.17) is 4.74 Å². The van der Waals surface area contributed by atoms with Crippen LogP contribution >= 0.6 is 0 Å². The molecular formula is C21H21N3O3. The van der Waals surface area contributed by atoms with Gasteiger partial charge in [0.25, 0.3) is 11.8 Å². The van der Waals surface area contributed by atoms with Gasteiger partial charge in [0, 0.05) is 12.5 Å². The van der Waals surface area contributed by atoms with Crippen molar-refractivity contribution in [3.63, 3.8) is 0 Å². The number of para-hydroxylation sites is 1. The number of amides is 2. The molecule has 2 aliphatic rings. The second kappa shape index (κ2) is 7.61. The van der Waals surface area contributed by atoms with E-state index in [0.717, 1.165) is 30.5 Å². The van der Waals surface area contributed by atoms with Crippen LogP contribution in [0.4, 0.5) is 0 Å². The molecule has 6 heteroatoms. The van der Waals surface area contributed by atoms with Gasteiger partial charge >= 0.3 is 0 Å². The molecule has 1 heterocycles. The van der Waals surface area contributed by atoms with E-state index in [2.05, 4.69) is 10.4 Å². The maximum Gasteiger partial charge on any atom is 0.280 e. The van der Waals surface area contributed by atoms with Gasteiger partial charge in [-0.25, -0.2) is 5.01 Å². The Bertz CT molecular complexity index is 875. The van der Waals surface area contributed by atoms with Gasteiger partial charge in [0.15, 0.2) is 6.61 Å². The van der Waals surface area contributed by atoms with Crippen LogP contribution in [0.1, 0.15) is 35.2 Å². The first-order valence-electron chi connectivity index (χ1n) is 9.16. The van der Waals surface area contributed by atoms with Crippen molar-refractivity contribution in [1.29, 1.82) is 0 Å². The minimum absolute atomic E-state index is 0.153. The van der Waals surface area contributed by atoms with Crippen LogP contribution in [0.25, 0.3) is 0 Å². The highest BCUT2D eigenvalue weighted by molar-refractivity contribution is 6.02. The Hall–Kier alpha value is -3.15. The minimum Gasteiger partial charge on any atom is -0.483 e. The summed E-state index contributed by atoms with van der Waals surface area (Å²) in [5.74, 6) is 0.0277. The van der Waals surface area contributed by atoms with Crippen LogP contribution in [0.5, 0.6) is 5.75 Å². The second-order valence-electron chi connectivity index (χ2n) is 6.71. The molecule has 27 heavy (non-hydrogen) atoms. The van der Waals surface area contributed by atoms with Crippen molar-refractivity contribution in [1.82, 2.24) is 10.3 Å². The number of hydrazone groups is 1. The molecule has 0 saturated heterocycles. The van der Waals surface area contributed by atoms with Gasteiger partial charge in [0.1, 0.15) is 5.75 Å². The van der Waals surface area contributed by atoms with E-state index in [-0.39, 0.29) is 24.5 Å². The molecule has 4 rings (SSSR count). The predicted molar refractivity (Wildman–Crippen MR) is 102 cm³/mol. The highest BCUT2D eigenvalue weighted by Gasteiger charge is 2.26. The van der Waals surface area contributed by atoms with Gasteiger partial charge in [-0.05, 0) is 30.5 Å². The van der Waals surface area contributed by atoms with Crippen LogP contribution in [0.15, 0.2) is 59.7 Å². The Morgan fingerprint density at radius 1 is 1.07 bits per heavy atom. The topological polar surface area (TPSA) is 71.0 Å². The van der Waals surface area contributed by atoms with Crippen molar-refractivity contribution in [2.24, 2.45) is 5.10 Å². The van der Waals surface area contributed by atoms with Crippen molar-refractivity contribution in [2.75, 3.05) is 13.2 Å². The smallest absolute Gasteiger partial charge is 0.280 e. The molecule has 2 aromatic rings. The summed E-state index contributed by atoms with van der Waals surface area (Å²) in [4.78, 5) is 24.8. The molecule has 1 N–H and O–H groups in total. The molecule has 1 aliphatic carbocycles. The lowest BCUT2D eigenvalue weighted by atomic mass is 10.1. The number of nitrogens with zero attached hydrogens (tertiary/aromatic N) is 2. The van der Waals surface area contributed by atoms with Crippen molar-refractivity contribution in [3.8, 4) is 5.75 Å². The number of carbonyl (C=O) groups is 2. The summed E-state index contributed by atoms with van der Waals surface area (Å²) in [6, 6.07) is 17.1. The zero-order valence-electron chi connectivity index (χ0n) is 14.9. The fourth-order valence-electron chi connectivity index (χ4n) is 2.96. The van der Waals surface area contributed by atoms with Crippen LogP contribution in [0, 0.1) is 0 Å². The predicted octanol–water partition coefficient (Wildman–Crippen LogP) is 2.59. The summed E-state index contributed by atoms with van der Waals surface area (Å²) in [6.07, 6.45) is 2.75. The van der Waals surface area contributed by atoms with Gasteiger partial charge in [-0.3, -0.25) is 9.59 Å². The molecule has 138 valence electrons. The van der Waals surface area contributed by atoms with E-state index in [1.54, 1.807) is 24.3 Å². The molecular weight excluding hydrogens is 342 g/mol. The summed E-state index contributed by atoms with van der Waals surface area (Å²) >= 11 is 0. The summed E-state index contributed by atoms with van der Waals surface area (Å²) in [7, 11) is 0. The number of rotatable bonds is 6. The first kappa shape index (κ1) is 17.3. The van der Waals surface area contributed by atoms with E-state index >= 15 is 0 Å².